The zero-order chi connectivity index (χ0) is 18.8. The van der Waals surface area contributed by atoms with E-state index in [-0.39, 0.29) is 56.8 Å². The number of ketones is 2. The van der Waals surface area contributed by atoms with Gasteiger partial charge in [-0.25, -0.2) is 9.97 Å². The van der Waals surface area contributed by atoms with E-state index in [0.29, 0.717) is 0 Å². The average Bonchev–Trinajstić information content (AvgIpc) is 2.65. The van der Waals surface area contributed by atoms with E-state index < -0.39 is 0 Å². The predicted octanol–water partition coefficient (Wildman–Crippen LogP) is 1.27. The minimum absolute atomic E-state index is 0.0723. The van der Waals surface area contributed by atoms with Crippen LogP contribution in [0.1, 0.15) is 31.8 Å². The molecule has 0 atom stereocenters. The first-order valence-electron chi connectivity index (χ1n) is 7.59. The average molecular weight is 348 g/mol. The molecule has 0 aliphatic rings. The molecule has 3 aromatic rings. The summed E-state index contributed by atoms with van der Waals surface area (Å²) in [5.74, 6) is -0.590. The summed E-state index contributed by atoms with van der Waals surface area (Å²) in [5, 5.41) is 0. The normalized spacial score (nSPS) is 10.5. The molecule has 0 fully saturated rings. The molecule has 0 saturated heterocycles. The fourth-order valence-corrected chi connectivity index (χ4v) is 2.49. The SMILES string of the molecule is Nc1nccc(C(=O)c2cccc(C(=O)c3ccnc(N)c3N)c2)c1N. The molecule has 8 nitrogen and oxygen atoms in total. The van der Waals surface area contributed by atoms with Crippen molar-refractivity contribution in [3.63, 3.8) is 0 Å². The van der Waals surface area contributed by atoms with Gasteiger partial charge in [-0.2, -0.15) is 0 Å². The highest BCUT2D eigenvalue weighted by atomic mass is 16.1. The lowest BCUT2D eigenvalue weighted by molar-refractivity contribution is 0.103. The second kappa shape index (κ2) is 6.52. The lowest BCUT2D eigenvalue weighted by Gasteiger charge is -2.09. The van der Waals surface area contributed by atoms with Crippen molar-refractivity contribution in [3.8, 4) is 0 Å². The maximum absolute atomic E-state index is 12.7. The molecule has 0 bridgehead atoms. The van der Waals surface area contributed by atoms with Gasteiger partial charge in [0.25, 0.3) is 0 Å². The third-order valence-electron chi connectivity index (χ3n) is 3.92. The lowest BCUT2D eigenvalue weighted by atomic mass is 9.97. The number of carbonyl (C=O) groups is 2. The number of rotatable bonds is 4. The molecule has 2 heterocycles. The Bertz CT molecular complexity index is 953. The van der Waals surface area contributed by atoms with Crippen molar-refractivity contribution in [1.82, 2.24) is 9.97 Å². The Balaban J connectivity index is 2.01. The van der Waals surface area contributed by atoms with Gasteiger partial charge in [-0.15, -0.1) is 0 Å². The molecule has 3 rings (SSSR count). The first kappa shape index (κ1) is 16.9. The van der Waals surface area contributed by atoms with Gasteiger partial charge >= 0.3 is 0 Å². The molecule has 0 aliphatic carbocycles. The van der Waals surface area contributed by atoms with Crippen molar-refractivity contribution >= 4 is 34.6 Å². The van der Waals surface area contributed by atoms with Crippen molar-refractivity contribution in [1.29, 1.82) is 0 Å². The summed E-state index contributed by atoms with van der Waals surface area (Å²) in [6.45, 7) is 0. The van der Waals surface area contributed by atoms with Crippen LogP contribution in [0.25, 0.3) is 0 Å². The number of nitrogen functional groups attached to an aromatic ring is 4. The Kier molecular flexibility index (Phi) is 4.24. The summed E-state index contributed by atoms with van der Waals surface area (Å²) in [4.78, 5) is 33.1. The molecule has 26 heavy (non-hydrogen) atoms. The highest BCUT2D eigenvalue weighted by molar-refractivity contribution is 6.16. The molecule has 0 aliphatic heterocycles. The van der Waals surface area contributed by atoms with Crippen LogP contribution in [0.2, 0.25) is 0 Å². The Morgan fingerprint density at radius 2 is 1.12 bits per heavy atom. The number of hydrogen-bond acceptors (Lipinski definition) is 8. The number of aromatic nitrogens is 2. The van der Waals surface area contributed by atoms with Gasteiger partial charge in [-0.1, -0.05) is 18.2 Å². The Morgan fingerprint density at radius 1 is 0.692 bits per heavy atom. The second-order valence-corrected chi connectivity index (χ2v) is 5.55. The summed E-state index contributed by atoms with van der Waals surface area (Å²) >= 11 is 0. The van der Waals surface area contributed by atoms with Crippen molar-refractivity contribution in [2.75, 3.05) is 22.9 Å². The number of benzene rings is 1. The maximum Gasteiger partial charge on any atom is 0.195 e. The summed E-state index contributed by atoms with van der Waals surface area (Å²) in [6, 6.07) is 9.19. The molecular weight excluding hydrogens is 332 g/mol. The van der Waals surface area contributed by atoms with E-state index in [4.69, 9.17) is 22.9 Å². The lowest BCUT2D eigenvalue weighted by Crippen LogP contribution is -2.11. The first-order chi connectivity index (χ1) is 12.4. The summed E-state index contributed by atoms with van der Waals surface area (Å²) in [7, 11) is 0. The molecule has 130 valence electrons. The van der Waals surface area contributed by atoms with Gasteiger partial charge in [0.15, 0.2) is 11.6 Å². The molecule has 1 aromatic carbocycles. The van der Waals surface area contributed by atoms with Crippen LogP contribution in [-0.4, -0.2) is 21.5 Å². The van der Waals surface area contributed by atoms with Gasteiger partial charge in [-0.05, 0) is 18.2 Å². The van der Waals surface area contributed by atoms with E-state index in [2.05, 4.69) is 9.97 Å². The molecule has 8 N–H and O–H groups in total. The predicted molar refractivity (Wildman–Crippen MR) is 99.4 cm³/mol. The molecule has 0 amide bonds. The summed E-state index contributed by atoms with van der Waals surface area (Å²) in [6.07, 6.45) is 2.79. The maximum atomic E-state index is 12.7. The Labute approximate surface area is 148 Å². The van der Waals surface area contributed by atoms with Crippen LogP contribution in [0.5, 0.6) is 0 Å². The smallest absolute Gasteiger partial charge is 0.195 e. The topological polar surface area (TPSA) is 164 Å². The van der Waals surface area contributed by atoms with Crippen molar-refractivity contribution < 1.29 is 9.59 Å². The highest BCUT2D eigenvalue weighted by Crippen LogP contribution is 2.23. The molecule has 0 unspecified atom stereocenters. The Morgan fingerprint density at radius 3 is 1.54 bits per heavy atom. The number of hydrogen-bond donors (Lipinski definition) is 4. The van der Waals surface area contributed by atoms with Gasteiger partial charge in [0.05, 0.1) is 22.5 Å². The third kappa shape index (κ3) is 2.91. The van der Waals surface area contributed by atoms with E-state index in [0.717, 1.165) is 0 Å². The van der Waals surface area contributed by atoms with E-state index >= 15 is 0 Å². The van der Waals surface area contributed by atoms with Gasteiger partial charge in [-0.3, -0.25) is 9.59 Å². The van der Waals surface area contributed by atoms with Crippen LogP contribution in [0.3, 0.4) is 0 Å². The Hall–Kier alpha value is -3.94. The standard InChI is InChI=1S/C18H16N6O2/c19-13-11(4-6-23-17(13)21)15(25)9-2-1-3-10(8-9)16(26)12-5-7-24-18(22)14(12)20/h1-8H,19-20H2,(H2,21,23)(H2,22,24). The van der Waals surface area contributed by atoms with Crippen LogP contribution in [0.4, 0.5) is 23.0 Å². The fraction of sp³-hybridized carbons (Fsp3) is 0. The molecule has 8 heteroatoms. The van der Waals surface area contributed by atoms with Crippen molar-refractivity contribution in [2.24, 2.45) is 0 Å². The van der Waals surface area contributed by atoms with Crippen LogP contribution in [0.15, 0.2) is 48.8 Å². The molecule has 0 radical (unpaired) electrons. The number of nitrogens with two attached hydrogens (primary N) is 4. The largest absolute Gasteiger partial charge is 0.395 e. The van der Waals surface area contributed by atoms with E-state index in [1.165, 1.54) is 30.6 Å². The number of anilines is 4. The first-order valence-corrected chi connectivity index (χ1v) is 7.59. The number of nitrogens with zero attached hydrogens (tertiary/aromatic N) is 2. The van der Waals surface area contributed by atoms with Crippen molar-refractivity contribution in [3.05, 3.63) is 71.0 Å². The highest BCUT2D eigenvalue weighted by Gasteiger charge is 2.18. The van der Waals surface area contributed by atoms with E-state index in [9.17, 15) is 9.59 Å². The quantitative estimate of drug-likeness (QED) is 0.512. The van der Waals surface area contributed by atoms with E-state index in [1.807, 2.05) is 0 Å². The third-order valence-corrected chi connectivity index (χ3v) is 3.92. The van der Waals surface area contributed by atoms with Crippen LogP contribution in [0, 0.1) is 0 Å². The van der Waals surface area contributed by atoms with Crippen LogP contribution >= 0.6 is 0 Å². The van der Waals surface area contributed by atoms with Crippen LogP contribution in [-0.2, 0) is 0 Å². The zero-order valence-electron chi connectivity index (χ0n) is 13.6. The minimum atomic E-state index is -0.367. The fourth-order valence-electron chi connectivity index (χ4n) is 2.49. The number of carbonyl (C=O) groups excluding carboxylic acids is 2. The molecule has 2 aromatic heterocycles. The monoisotopic (exact) mass is 348 g/mol. The van der Waals surface area contributed by atoms with Gasteiger partial charge in [0.2, 0.25) is 0 Å². The number of pyridine rings is 2. The summed E-state index contributed by atoms with van der Waals surface area (Å²) in [5.41, 5.74) is 24.2. The zero-order valence-corrected chi connectivity index (χ0v) is 13.6. The van der Waals surface area contributed by atoms with Gasteiger partial charge in [0, 0.05) is 23.5 Å². The van der Waals surface area contributed by atoms with Gasteiger partial charge < -0.3 is 22.9 Å². The second-order valence-electron chi connectivity index (χ2n) is 5.55. The van der Waals surface area contributed by atoms with Crippen molar-refractivity contribution in [2.45, 2.75) is 0 Å². The molecule has 0 spiro atoms. The molecular formula is C18H16N6O2. The van der Waals surface area contributed by atoms with Crippen LogP contribution < -0.4 is 22.9 Å². The molecule has 0 saturated carbocycles. The van der Waals surface area contributed by atoms with Gasteiger partial charge in [0.1, 0.15) is 11.6 Å². The summed E-state index contributed by atoms with van der Waals surface area (Å²) < 4.78 is 0. The minimum Gasteiger partial charge on any atom is -0.395 e. The van der Waals surface area contributed by atoms with E-state index in [1.54, 1.807) is 18.2 Å².